The molecule has 0 bridgehead atoms. The summed E-state index contributed by atoms with van der Waals surface area (Å²) in [6, 6.07) is 13.3. The molecule has 1 amide bonds. The molecule has 0 radical (unpaired) electrons. The number of hydrogen-bond donors (Lipinski definition) is 0. The highest BCUT2D eigenvalue weighted by molar-refractivity contribution is 8.00. The van der Waals surface area contributed by atoms with Crippen LogP contribution in [0.25, 0.3) is 0 Å². The van der Waals surface area contributed by atoms with Crippen molar-refractivity contribution in [2.75, 3.05) is 12.9 Å². The van der Waals surface area contributed by atoms with Gasteiger partial charge in [-0.05, 0) is 79.3 Å². The lowest BCUT2D eigenvalue weighted by molar-refractivity contribution is -0.130. The Morgan fingerprint density at radius 1 is 1.29 bits per heavy atom. The van der Waals surface area contributed by atoms with E-state index in [0.717, 1.165) is 47.5 Å². The molecule has 5 rings (SSSR count). The number of carbonyl (C=O) groups is 1. The number of methoxy groups -OCH3 is 1. The number of ether oxygens (including phenoxy) is 1. The van der Waals surface area contributed by atoms with E-state index in [2.05, 4.69) is 11.2 Å². The Morgan fingerprint density at radius 3 is 2.82 bits per heavy atom. The number of nitriles is 1. The van der Waals surface area contributed by atoms with E-state index in [9.17, 15) is 10.1 Å². The third kappa shape index (κ3) is 4.08. The molecule has 34 heavy (non-hydrogen) atoms. The van der Waals surface area contributed by atoms with Crippen LogP contribution < -0.4 is 4.74 Å². The Morgan fingerprint density at radius 2 is 2.12 bits per heavy atom. The molecule has 2 aliphatic rings. The second-order valence-electron chi connectivity index (χ2n) is 8.35. The van der Waals surface area contributed by atoms with Crippen molar-refractivity contribution >= 4 is 23.4 Å². The summed E-state index contributed by atoms with van der Waals surface area (Å²) in [6.07, 6.45) is 5.10. The summed E-state index contributed by atoms with van der Waals surface area (Å²) in [5.74, 6) is 1.43. The van der Waals surface area contributed by atoms with Gasteiger partial charge >= 0.3 is 0 Å². The zero-order chi connectivity index (χ0) is 23.7. The lowest BCUT2D eigenvalue weighted by Crippen LogP contribution is -2.28. The lowest BCUT2D eigenvalue weighted by Gasteiger charge is -2.20. The van der Waals surface area contributed by atoms with E-state index in [-0.39, 0.29) is 17.7 Å². The van der Waals surface area contributed by atoms with Crippen molar-refractivity contribution < 1.29 is 13.9 Å². The van der Waals surface area contributed by atoms with E-state index in [1.807, 2.05) is 43.3 Å². The molecule has 3 heterocycles. The summed E-state index contributed by atoms with van der Waals surface area (Å²) in [5, 5.41) is 16.6. The zero-order valence-electron chi connectivity index (χ0n) is 19.1. The fourth-order valence-electron chi connectivity index (χ4n) is 4.58. The first-order valence-corrected chi connectivity index (χ1v) is 12.2. The van der Waals surface area contributed by atoms with Crippen LogP contribution in [-0.4, -0.2) is 34.5 Å². The number of carbonyl (C=O) groups excluding carboxylic acids is 1. The first kappa shape index (κ1) is 22.2. The maximum Gasteiger partial charge on any atom is 0.253 e. The number of amides is 1. The molecule has 0 saturated carbocycles. The van der Waals surface area contributed by atoms with Crippen molar-refractivity contribution in [2.24, 2.45) is 5.10 Å². The smallest absolute Gasteiger partial charge is 0.253 e. The van der Waals surface area contributed by atoms with Crippen molar-refractivity contribution in [2.45, 2.75) is 43.7 Å². The highest BCUT2D eigenvalue weighted by Crippen LogP contribution is 2.36. The molecule has 3 aromatic rings. The summed E-state index contributed by atoms with van der Waals surface area (Å²) in [6.45, 7) is 1.98. The molecule has 2 aromatic heterocycles. The number of rotatable bonds is 6. The molecule has 7 nitrogen and oxygen atoms in total. The first-order valence-electron chi connectivity index (χ1n) is 11.2. The normalized spacial score (nSPS) is 16.8. The fourth-order valence-corrected chi connectivity index (χ4v) is 5.49. The Bertz CT molecular complexity index is 1290. The molecule has 1 atom stereocenters. The number of aromatic nitrogens is 1. The van der Waals surface area contributed by atoms with Gasteiger partial charge in [0, 0.05) is 12.1 Å². The number of furan rings is 1. The quantitative estimate of drug-likeness (QED) is 0.478. The van der Waals surface area contributed by atoms with Crippen LogP contribution in [0.2, 0.25) is 0 Å². The molecule has 0 fully saturated rings. The standard InChI is InChI=1S/C26H24N4O3S/c1-16-19-5-3-6-21(19)28-26(20(16)14-27)34-15-25(31)30-23(24-7-4-12-33-24)13-22(29-30)17-8-10-18(32-2)11-9-17/h4,7-12,23H,3,5-6,13,15H2,1-2H3. The van der Waals surface area contributed by atoms with E-state index in [1.165, 1.54) is 22.3 Å². The summed E-state index contributed by atoms with van der Waals surface area (Å²) >= 11 is 1.31. The SMILES string of the molecule is COc1ccc(C2=NN(C(=O)CSc3nc4c(c(C)c3C#N)CCC4)C(c3ccco3)C2)cc1. The van der Waals surface area contributed by atoms with Crippen LogP contribution in [0.5, 0.6) is 5.75 Å². The first-order chi connectivity index (χ1) is 16.6. The Balaban J connectivity index is 1.39. The van der Waals surface area contributed by atoms with Crippen molar-refractivity contribution in [3.63, 3.8) is 0 Å². The number of fused-ring (bicyclic) bond motifs is 1. The number of benzene rings is 1. The predicted octanol–water partition coefficient (Wildman–Crippen LogP) is 4.82. The number of thioether (sulfide) groups is 1. The Hall–Kier alpha value is -3.57. The third-order valence-electron chi connectivity index (χ3n) is 6.37. The summed E-state index contributed by atoms with van der Waals surface area (Å²) in [7, 11) is 1.63. The van der Waals surface area contributed by atoms with Crippen molar-refractivity contribution in [3.8, 4) is 11.8 Å². The summed E-state index contributed by atoms with van der Waals surface area (Å²) < 4.78 is 10.9. The number of hydrogen-bond acceptors (Lipinski definition) is 7. The van der Waals surface area contributed by atoms with Crippen LogP contribution in [0.15, 0.2) is 57.2 Å². The molecule has 1 aromatic carbocycles. The van der Waals surface area contributed by atoms with E-state index in [0.29, 0.717) is 22.8 Å². The van der Waals surface area contributed by atoms with Crippen molar-refractivity contribution in [3.05, 3.63) is 76.4 Å². The number of nitrogens with zero attached hydrogens (tertiary/aromatic N) is 4. The maximum absolute atomic E-state index is 13.3. The largest absolute Gasteiger partial charge is 0.497 e. The molecule has 0 spiro atoms. The van der Waals surface area contributed by atoms with Gasteiger partial charge in [-0.2, -0.15) is 10.4 Å². The summed E-state index contributed by atoms with van der Waals surface area (Å²) in [4.78, 5) is 18.1. The van der Waals surface area contributed by atoms with Crippen LogP contribution in [0.4, 0.5) is 0 Å². The van der Waals surface area contributed by atoms with Crippen LogP contribution in [0.3, 0.4) is 0 Å². The van der Waals surface area contributed by atoms with E-state index < -0.39 is 0 Å². The van der Waals surface area contributed by atoms with Gasteiger partial charge in [-0.25, -0.2) is 9.99 Å². The fraction of sp³-hybridized carbons (Fsp3) is 0.308. The van der Waals surface area contributed by atoms with Gasteiger partial charge < -0.3 is 9.15 Å². The van der Waals surface area contributed by atoms with Gasteiger partial charge in [0.2, 0.25) is 0 Å². The number of pyridine rings is 1. The van der Waals surface area contributed by atoms with Crippen LogP contribution in [-0.2, 0) is 17.6 Å². The Labute approximate surface area is 202 Å². The van der Waals surface area contributed by atoms with Crippen LogP contribution in [0.1, 0.15) is 52.6 Å². The average molecular weight is 473 g/mol. The van der Waals surface area contributed by atoms with Crippen LogP contribution >= 0.6 is 11.8 Å². The van der Waals surface area contributed by atoms with Crippen LogP contribution in [0, 0.1) is 18.3 Å². The van der Waals surface area contributed by atoms with Gasteiger partial charge in [0.05, 0.1) is 30.4 Å². The van der Waals surface area contributed by atoms with E-state index >= 15 is 0 Å². The Kier molecular flexibility index (Phi) is 6.12. The number of aryl methyl sites for hydroxylation is 1. The molecule has 1 aliphatic carbocycles. The number of hydrazone groups is 1. The van der Waals surface area contributed by atoms with Gasteiger partial charge in [0.15, 0.2) is 0 Å². The maximum atomic E-state index is 13.3. The lowest BCUT2D eigenvalue weighted by atomic mass is 10.0. The average Bonchev–Trinajstić information content (AvgIpc) is 3.63. The minimum atomic E-state index is -0.314. The second kappa shape index (κ2) is 9.35. The minimum Gasteiger partial charge on any atom is -0.497 e. The van der Waals surface area contributed by atoms with Gasteiger partial charge in [-0.3, -0.25) is 4.79 Å². The highest BCUT2D eigenvalue weighted by atomic mass is 32.2. The van der Waals surface area contributed by atoms with Gasteiger partial charge in [-0.15, -0.1) is 0 Å². The predicted molar refractivity (Wildman–Crippen MR) is 129 cm³/mol. The molecule has 0 saturated heterocycles. The summed E-state index contributed by atoms with van der Waals surface area (Å²) in [5.41, 5.74) is 5.56. The zero-order valence-corrected chi connectivity index (χ0v) is 19.9. The van der Waals surface area contributed by atoms with Gasteiger partial charge in [-0.1, -0.05) is 11.8 Å². The van der Waals surface area contributed by atoms with Crippen molar-refractivity contribution in [1.82, 2.24) is 9.99 Å². The molecule has 1 unspecified atom stereocenters. The van der Waals surface area contributed by atoms with Crippen molar-refractivity contribution in [1.29, 1.82) is 5.26 Å². The monoisotopic (exact) mass is 472 g/mol. The molecule has 0 N–H and O–H groups in total. The molecular formula is C26H24N4O3S. The molecule has 172 valence electrons. The topological polar surface area (TPSA) is 91.7 Å². The van der Waals surface area contributed by atoms with E-state index in [4.69, 9.17) is 14.1 Å². The third-order valence-corrected chi connectivity index (χ3v) is 7.33. The van der Waals surface area contributed by atoms with Gasteiger partial charge in [0.25, 0.3) is 5.91 Å². The molecular weight excluding hydrogens is 448 g/mol. The minimum absolute atomic E-state index is 0.135. The second-order valence-corrected chi connectivity index (χ2v) is 9.31. The molecule has 1 aliphatic heterocycles. The van der Waals surface area contributed by atoms with E-state index in [1.54, 1.807) is 13.4 Å². The highest BCUT2D eigenvalue weighted by Gasteiger charge is 2.35. The molecule has 8 heteroatoms. The van der Waals surface area contributed by atoms with Gasteiger partial charge in [0.1, 0.15) is 28.6 Å².